The number of nitrogens with one attached hydrogen (secondary N) is 1. The van der Waals surface area contributed by atoms with Gasteiger partial charge in [0.25, 0.3) is 5.91 Å². The van der Waals surface area contributed by atoms with E-state index in [4.69, 9.17) is 21.1 Å². The minimum absolute atomic E-state index is 0.185. The van der Waals surface area contributed by atoms with Crippen LogP contribution in [-0.2, 0) is 0 Å². The number of ether oxygens (including phenoxy) is 2. The van der Waals surface area contributed by atoms with Crippen LogP contribution >= 0.6 is 11.6 Å². The van der Waals surface area contributed by atoms with E-state index in [0.717, 1.165) is 5.75 Å². The van der Waals surface area contributed by atoms with Gasteiger partial charge in [-0.2, -0.15) is 5.10 Å². The van der Waals surface area contributed by atoms with Crippen molar-refractivity contribution in [3.8, 4) is 17.2 Å². The molecule has 150 valence electrons. The summed E-state index contributed by atoms with van der Waals surface area (Å²) >= 11 is 5.91. The van der Waals surface area contributed by atoms with Crippen LogP contribution in [0.5, 0.6) is 11.5 Å². The third kappa shape index (κ3) is 5.14. The summed E-state index contributed by atoms with van der Waals surface area (Å²) in [5.41, 5.74) is 0.678. The first-order valence-corrected chi connectivity index (χ1v) is 9.27. The highest BCUT2D eigenvalue weighted by Gasteiger charge is 2.15. The Labute approximate surface area is 172 Å². The summed E-state index contributed by atoms with van der Waals surface area (Å²) < 4.78 is 12.2. The third-order valence-corrected chi connectivity index (χ3v) is 4.36. The molecule has 0 saturated heterocycles. The Hall–Kier alpha value is -3.32. The Morgan fingerprint density at radius 1 is 1.10 bits per heavy atom. The number of halogens is 1. The highest BCUT2D eigenvalue weighted by molar-refractivity contribution is 6.30. The van der Waals surface area contributed by atoms with Crippen LogP contribution in [0.25, 0.3) is 5.69 Å². The molecule has 2 aromatic carbocycles. The van der Waals surface area contributed by atoms with Crippen molar-refractivity contribution in [3.63, 3.8) is 0 Å². The third-order valence-electron chi connectivity index (χ3n) is 4.11. The van der Waals surface area contributed by atoms with Crippen molar-refractivity contribution < 1.29 is 14.3 Å². The zero-order valence-electron chi connectivity index (χ0n) is 16.0. The molecule has 0 aliphatic carbocycles. The van der Waals surface area contributed by atoms with Gasteiger partial charge in [-0.05, 0) is 55.5 Å². The van der Waals surface area contributed by atoms with Gasteiger partial charge in [0.2, 0.25) is 5.43 Å². The molecule has 7 nitrogen and oxygen atoms in total. The lowest BCUT2D eigenvalue weighted by atomic mass is 10.2. The van der Waals surface area contributed by atoms with E-state index < -0.39 is 11.3 Å². The predicted molar refractivity (Wildman–Crippen MR) is 110 cm³/mol. The van der Waals surface area contributed by atoms with E-state index in [1.165, 1.54) is 10.7 Å². The molecule has 0 bridgehead atoms. The molecule has 0 fully saturated rings. The molecule has 1 aromatic heterocycles. The van der Waals surface area contributed by atoms with Crippen molar-refractivity contribution in [1.29, 1.82) is 0 Å². The van der Waals surface area contributed by atoms with Gasteiger partial charge in [-0.15, -0.1) is 0 Å². The van der Waals surface area contributed by atoms with Gasteiger partial charge >= 0.3 is 0 Å². The molecule has 1 heterocycles. The standard InChI is InChI=1S/C21H20ClN3O4/c1-14-13-19(26)20(24-25(14)16-5-3-15(22)4-6-16)21(27)23-11-12-29-18-9-7-17(28-2)8-10-18/h3-10,13H,11-12H2,1-2H3,(H,23,27). The zero-order chi connectivity index (χ0) is 20.8. The molecule has 29 heavy (non-hydrogen) atoms. The summed E-state index contributed by atoms with van der Waals surface area (Å²) in [5.74, 6) is 0.822. The summed E-state index contributed by atoms with van der Waals surface area (Å²) in [6, 6.07) is 15.4. The lowest BCUT2D eigenvalue weighted by molar-refractivity contribution is 0.0939. The number of aryl methyl sites for hydroxylation is 1. The fraction of sp³-hybridized carbons (Fsp3) is 0.190. The maximum Gasteiger partial charge on any atom is 0.275 e. The van der Waals surface area contributed by atoms with E-state index in [1.807, 2.05) is 0 Å². The number of carbonyl (C=O) groups excluding carboxylic acids is 1. The quantitative estimate of drug-likeness (QED) is 0.602. The second kappa shape index (κ2) is 9.25. The Bertz CT molecular complexity index is 1050. The summed E-state index contributed by atoms with van der Waals surface area (Å²) in [4.78, 5) is 24.7. The number of rotatable bonds is 7. The number of amides is 1. The highest BCUT2D eigenvalue weighted by atomic mass is 35.5. The molecule has 3 aromatic rings. The predicted octanol–water partition coefficient (Wildman–Crippen LogP) is 3.01. The number of hydrogen-bond acceptors (Lipinski definition) is 5. The molecule has 8 heteroatoms. The molecular formula is C21H20ClN3O4. The van der Waals surface area contributed by atoms with Gasteiger partial charge in [0.15, 0.2) is 5.69 Å². The van der Waals surface area contributed by atoms with E-state index in [2.05, 4.69) is 10.4 Å². The van der Waals surface area contributed by atoms with Crippen molar-refractivity contribution >= 4 is 17.5 Å². The monoisotopic (exact) mass is 413 g/mol. The number of methoxy groups -OCH3 is 1. The molecule has 0 spiro atoms. The maximum absolute atomic E-state index is 12.4. The molecule has 0 unspecified atom stereocenters. The Morgan fingerprint density at radius 3 is 2.41 bits per heavy atom. The first kappa shape index (κ1) is 20.4. The molecule has 0 radical (unpaired) electrons. The normalized spacial score (nSPS) is 10.4. The van der Waals surface area contributed by atoms with Gasteiger partial charge in [-0.3, -0.25) is 9.59 Å². The van der Waals surface area contributed by atoms with Crippen LogP contribution in [0.3, 0.4) is 0 Å². The Kier molecular flexibility index (Phi) is 6.51. The van der Waals surface area contributed by atoms with E-state index in [0.29, 0.717) is 22.2 Å². The molecule has 0 aliphatic heterocycles. The number of hydrogen-bond donors (Lipinski definition) is 1. The van der Waals surface area contributed by atoms with Crippen LogP contribution in [0.1, 0.15) is 16.2 Å². The fourth-order valence-corrected chi connectivity index (χ4v) is 2.76. The molecule has 3 rings (SSSR count). The van der Waals surface area contributed by atoms with Crippen molar-refractivity contribution in [2.45, 2.75) is 6.92 Å². The highest BCUT2D eigenvalue weighted by Crippen LogP contribution is 2.17. The topological polar surface area (TPSA) is 82.4 Å². The molecule has 0 atom stereocenters. The molecule has 0 saturated carbocycles. The Balaban J connectivity index is 1.64. The number of aromatic nitrogens is 2. The van der Waals surface area contributed by atoms with Crippen LogP contribution in [0, 0.1) is 6.92 Å². The van der Waals surface area contributed by atoms with Crippen LogP contribution in [-0.4, -0.2) is 35.9 Å². The van der Waals surface area contributed by atoms with Crippen LogP contribution in [0.4, 0.5) is 0 Å². The zero-order valence-corrected chi connectivity index (χ0v) is 16.8. The molecule has 1 amide bonds. The lowest BCUT2D eigenvalue weighted by Crippen LogP contribution is -2.34. The van der Waals surface area contributed by atoms with Gasteiger partial charge in [0.1, 0.15) is 18.1 Å². The second-order valence-electron chi connectivity index (χ2n) is 6.17. The minimum atomic E-state index is -0.559. The number of nitrogens with zero attached hydrogens (tertiary/aromatic N) is 2. The molecule has 1 N–H and O–H groups in total. The van der Waals surface area contributed by atoms with Crippen molar-refractivity contribution in [2.75, 3.05) is 20.3 Å². The first-order valence-electron chi connectivity index (χ1n) is 8.90. The summed E-state index contributed by atoms with van der Waals surface area (Å²) in [7, 11) is 1.59. The average molecular weight is 414 g/mol. The second-order valence-corrected chi connectivity index (χ2v) is 6.60. The number of carbonyl (C=O) groups is 1. The van der Waals surface area contributed by atoms with Crippen molar-refractivity contribution in [1.82, 2.24) is 15.1 Å². The first-order chi connectivity index (χ1) is 14.0. The van der Waals surface area contributed by atoms with E-state index in [1.54, 1.807) is 62.6 Å². The SMILES string of the molecule is COc1ccc(OCCNC(=O)c2nn(-c3ccc(Cl)cc3)c(C)cc2=O)cc1. The minimum Gasteiger partial charge on any atom is -0.497 e. The molecular weight excluding hydrogens is 394 g/mol. The number of benzene rings is 2. The summed E-state index contributed by atoms with van der Waals surface area (Å²) in [6.45, 7) is 2.21. The van der Waals surface area contributed by atoms with Gasteiger partial charge in [-0.25, -0.2) is 4.68 Å². The van der Waals surface area contributed by atoms with Gasteiger partial charge in [-0.1, -0.05) is 11.6 Å². The van der Waals surface area contributed by atoms with Gasteiger partial charge < -0.3 is 14.8 Å². The largest absolute Gasteiger partial charge is 0.497 e. The van der Waals surface area contributed by atoms with Crippen LogP contribution < -0.4 is 20.2 Å². The fourth-order valence-electron chi connectivity index (χ4n) is 2.64. The van der Waals surface area contributed by atoms with E-state index >= 15 is 0 Å². The van der Waals surface area contributed by atoms with E-state index in [9.17, 15) is 9.59 Å². The van der Waals surface area contributed by atoms with Crippen molar-refractivity contribution in [3.05, 3.63) is 81.2 Å². The average Bonchev–Trinajstić information content (AvgIpc) is 2.72. The lowest BCUT2D eigenvalue weighted by Gasteiger charge is -2.12. The van der Waals surface area contributed by atoms with Crippen molar-refractivity contribution in [2.24, 2.45) is 0 Å². The Morgan fingerprint density at radius 2 is 1.76 bits per heavy atom. The summed E-state index contributed by atoms with van der Waals surface area (Å²) in [6.07, 6.45) is 0. The molecule has 0 aliphatic rings. The smallest absolute Gasteiger partial charge is 0.275 e. The van der Waals surface area contributed by atoms with E-state index in [-0.39, 0.29) is 18.8 Å². The van der Waals surface area contributed by atoms with Gasteiger partial charge in [0, 0.05) is 16.8 Å². The summed E-state index contributed by atoms with van der Waals surface area (Å²) in [5, 5.41) is 7.46. The van der Waals surface area contributed by atoms with Crippen LogP contribution in [0.2, 0.25) is 5.02 Å². The van der Waals surface area contributed by atoms with Gasteiger partial charge in [0.05, 0.1) is 19.3 Å². The van der Waals surface area contributed by atoms with Crippen LogP contribution in [0.15, 0.2) is 59.4 Å². The maximum atomic E-state index is 12.4.